The number of hydrogen-bond acceptors (Lipinski definition) is 5. The molecule has 0 saturated heterocycles. The second-order valence-electron chi connectivity index (χ2n) is 5.59. The van der Waals surface area contributed by atoms with Crippen LogP contribution in [0.4, 0.5) is 5.69 Å². The summed E-state index contributed by atoms with van der Waals surface area (Å²) in [6.45, 7) is 2.93. The Morgan fingerprint density at radius 2 is 1.74 bits per heavy atom. The molecule has 140 valence electrons. The first-order valence-corrected chi connectivity index (χ1v) is 8.69. The lowest BCUT2D eigenvalue weighted by Crippen LogP contribution is -2.35. The minimum atomic E-state index is -1.04. The summed E-state index contributed by atoms with van der Waals surface area (Å²) in [6, 6.07) is 12.9. The highest BCUT2D eigenvalue weighted by molar-refractivity contribution is 6.35. The van der Waals surface area contributed by atoms with Crippen LogP contribution < -0.4 is 10.1 Å². The van der Waals surface area contributed by atoms with Crippen molar-refractivity contribution in [2.24, 2.45) is 0 Å². The summed E-state index contributed by atoms with van der Waals surface area (Å²) in [5.74, 6) is -0.950. The Labute approximate surface area is 166 Å². The number of amides is 1. The van der Waals surface area contributed by atoms with Gasteiger partial charge in [-0.05, 0) is 56.3 Å². The molecule has 2 unspecified atom stereocenters. The predicted molar refractivity (Wildman–Crippen MR) is 102 cm³/mol. The zero-order chi connectivity index (χ0) is 20.0. The molecule has 0 aliphatic carbocycles. The molecule has 2 aromatic rings. The Bertz CT molecular complexity index is 878. The molecule has 8 heteroatoms. The second-order valence-corrected chi connectivity index (χ2v) is 6.44. The molecular formula is C19H16Cl2N2O4. The van der Waals surface area contributed by atoms with Gasteiger partial charge in [0, 0.05) is 10.7 Å². The molecule has 0 heterocycles. The summed E-state index contributed by atoms with van der Waals surface area (Å²) in [6.07, 6.45) is -2.02. The number of halogens is 2. The predicted octanol–water partition coefficient (Wildman–Crippen LogP) is 4.20. The maximum Gasteiger partial charge on any atom is 0.347 e. The first-order valence-electron chi connectivity index (χ1n) is 7.93. The summed E-state index contributed by atoms with van der Waals surface area (Å²) < 4.78 is 10.6. The van der Waals surface area contributed by atoms with Crippen molar-refractivity contribution in [3.8, 4) is 11.8 Å². The van der Waals surface area contributed by atoms with E-state index in [0.29, 0.717) is 16.3 Å². The zero-order valence-corrected chi connectivity index (χ0v) is 16.0. The van der Waals surface area contributed by atoms with Gasteiger partial charge in [0.05, 0.1) is 16.7 Å². The highest BCUT2D eigenvalue weighted by Crippen LogP contribution is 2.28. The molecule has 0 fully saturated rings. The number of ether oxygens (including phenoxy) is 2. The average Bonchev–Trinajstić information content (AvgIpc) is 2.64. The van der Waals surface area contributed by atoms with Gasteiger partial charge in [-0.3, -0.25) is 4.79 Å². The highest BCUT2D eigenvalue weighted by atomic mass is 35.5. The van der Waals surface area contributed by atoms with Gasteiger partial charge in [0.25, 0.3) is 5.91 Å². The van der Waals surface area contributed by atoms with Crippen LogP contribution in [0.15, 0.2) is 42.5 Å². The van der Waals surface area contributed by atoms with Gasteiger partial charge in [-0.25, -0.2) is 4.79 Å². The van der Waals surface area contributed by atoms with E-state index in [1.807, 2.05) is 6.07 Å². The van der Waals surface area contributed by atoms with Gasteiger partial charge in [0.15, 0.2) is 12.2 Å². The maximum atomic E-state index is 12.1. The van der Waals surface area contributed by atoms with E-state index < -0.39 is 24.1 Å². The fourth-order valence-corrected chi connectivity index (χ4v) is 2.46. The number of nitriles is 1. The number of benzene rings is 2. The molecule has 27 heavy (non-hydrogen) atoms. The molecule has 0 saturated carbocycles. The lowest BCUT2D eigenvalue weighted by Gasteiger charge is -2.18. The Morgan fingerprint density at radius 1 is 1.07 bits per heavy atom. The summed E-state index contributed by atoms with van der Waals surface area (Å²) in [5, 5.41) is 12.1. The van der Waals surface area contributed by atoms with Gasteiger partial charge in [0.1, 0.15) is 5.75 Å². The molecule has 0 spiro atoms. The molecule has 1 amide bonds. The van der Waals surface area contributed by atoms with Crippen LogP contribution in [-0.4, -0.2) is 24.1 Å². The largest absolute Gasteiger partial charge is 0.477 e. The van der Waals surface area contributed by atoms with E-state index in [1.54, 1.807) is 30.3 Å². The molecule has 1 N–H and O–H groups in total. The van der Waals surface area contributed by atoms with Gasteiger partial charge in [0.2, 0.25) is 0 Å². The van der Waals surface area contributed by atoms with E-state index in [9.17, 15) is 9.59 Å². The standard InChI is InChI=1S/C19H16Cl2N2O4/c1-11(18(24)23-15-6-3-13(10-22)4-7-15)27-19(25)12(2)26-17-8-5-14(20)9-16(17)21/h3-9,11-12H,1-2H3,(H,23,24). The molecule has 6 nitrogen and oxygen atoms in total. The van der Waals surface area contributed by atoms with Gasteiger partial charge in [-0.1, -0.05) is 23.2 Å². The number of carbonyl (C=O) groups excluding carboxylic acids is 2. The van der Waals surface area contributed by atoms with Gasteiger partial charge >= 0.3 is 5.97 Å². The van der Waals surface area contributed by atoms with Crippen LogP contribution in [0.2, 0.25) is 10.0 Å². The van der Waals surface area contributed by atoms with Crippen molar-refractivity contribution in [2.75, 3.05) is 5.32 Å². The maximum absolute atomic E-state index is 12.1. The van der Waals surface area contributed by atoms with Crippen molar-refractivity contribution in [2.45, 2.75) is 26.1 Å². The number of carbonyl (C=O) groups is 2. The lowest BCUT2D eigenvalue weighted by atomic mass is 10.2. The molecule has 0 bridgehead atoms. The fraction of sp³-hybridized carbons (Fsp3) is 0.211. The third kappa shape index (κ3) is 5.88. The van der Waals surface area contributed by atoms with Crippen molar-refractivity contribution in [3.63, 3.8) is 0 Å². The third-order valence-electron chi connectivity index (χ3n) is 3.47. The Kier molecular flexibility index (Phi) is 7.05. The van der Waals surface area contributed by atoms with Gasteiger partial charge in [-0.2, -0.15) is 5.26 Å². The molecule has 0 aromatic heterocycles. The van der Waals surface area contributed by atoms with Crippen molar-refractivity contribution in [3.05, 3.63) is 58.1 Å². The van der Waals surface area contributed by atoms with Crippen LogP contribution >= 0.6 is 23.2 Å². The first kappa shape index (κ1) is 20.6. The summed E-state index contributed by atoms with van der Waals surface area (Å²) >= 11 is 11.8. The van der Waals surface area contributed by atoms with Crippen molar-refractivity contribution < 1.29 is 19.1 Å². The molecule has 2 rings (SSSR count). The Morgan fingerprint density at radius 3 is 2.33 bits per heavy atom. The van der Waals surface area contributed by atoms with Crippen LogP contribution in [0.5, 0.6) is 5.75 Å². The van der Waals surface area contributed by atoms with E-state index in [-0.39, 0.29) is 10.8 Å². The van der Waals surface area contributed by atoms with Crippen LogP contribution in [0, 0.1) is 11.3 Å². The molecular weight excluding hydrogens is 391 g/mol. The third-order valence-corrected chi connectivity index (χ3v) is 4.00. The highest BCUT2D eigenvalue weighted by Gasteiger charge is 2.24. The molecule has 0 radical (unpaired) electrons. The average molecular weight is 407 g/mol. The quantitative estimate of drug-likeness (QED) is 0.725. The molecule has 0 aliphatic rings. The number of hydrogen-bond donors (Lipinski definition) is 1. The minimum absolute atomic E-state index is 0.258. The van der Waals surface area contributed by atoms with Gasteiger partial charge < -0.3 is 14.8 Å². The van der Waals surface area contributed by atoms with E-state index in [0.717, 1.165) is 0 Å². The van der Waals surface area contributed by atoms with Crippen LogP contribution in [0.3, 0.4) is 0 Å². The lowest BCUT2D eigenvalue weighted by molar-refractivity contribution is -0.159. The molecule has 2 aromatic carbocycles. The number of esters is 1. The normalized spacial score (nSPS) is 12.4. The Balaban J connectivity index is 1.91. The van der Waals surface area contributed by atoms with Gasteiger partial charge in [-0.15, -0.1) is 0 Å². The second kappa shape index (κ2) is 9.26. The first-order chi connectivity index (χ1) is 12.8. The summed E-state index contributed by atoms with van der Waals surface area (Å²) in [4.78, 5) is 24.3. The topological polar surface area (TPSA) is 88.4 Å². The number of nitrogens with one attached hydrogen (secondary N) is 1. The van der Waals surface area contributed by atoms with E-state index in [1.165, 1.54) is 26.0 Å². The zero-order valence-electron chi connectivity index (χ0n) is 14.5. The fourth-order valence-electron chi connectivity index (χ4n) is 2.00. The molecule has 2 atom stereocenters. The Hall–Kier alpha value is -2.75. The number of nitrogens with zero attached hydrogens (tertiary/aromatic N) is 1. The van der Waals surface area contributed by atoms with Crippen LogP contribution in [0.25, 0.3) is 0 Å². The summed E-state index contributed by atoms with van der Waals surface area (Å²) in [7, 11) is 0. The van der Waals surface area contributed by atoms with Crippen molar-refractivity contribution in [1.82, 2.24) is 0 Å². The van der Waals surface area contributed by atoms with E-state index in [4.69, 9.17) is 37.9 Å². The smallest absolute Gasteiger partial charge is 0.347 e. The van der Waals surface area contributed by atoms with Crippen molar-refractivity contribution >= 4 is 40.8 Å². The SMILES string of the molecule is CC(OC(=O)C(C)Oc1ccc(Cl)cc1Cl)C(=O)Nc1ccc(C#N)cc1. The van der Waals surface area contributed by atoms with E-state index >= 15 is 0 Å². The van der Waals surface area contributed by atoms with Crippen molar-refractivity contribution in [1.29, 1.82) is 5.26 Å². The minimum Gasteiger partial charge on any atom is -0.477 e. The summed E-state index contributed by atoms with van der Waals surface area (Å²) in [5.41, 5.74) is 0.957. The molecule has 0 aliphatic heterocycles. The van der Waals surface area contributed by atoms with E-state index in [2.05, 4.69) is 5.32 Å². The number of rotatable bonds is 6. The van der Waals surface area contributed by atoms with Crippen LogP contribution in [-0.2, 0) is 14.3 Å². The monoisotopic (exact) mass is 406 g/mol. The van der Waals surface area contributed by atoms with Crippen LogP contribution in [0.1, 0.15) is 19.4 Å². The number of anilines is 1.